The van der Waals surface area contributed by atoms with E-state index in [1.54, 1.807) is 0 Å². The van der Waals surface area contributed by atoms with Gasteiger partial charge >= 0.3 is 5.79 Å². The van der Waals surface area contributed by atoms with Gasteiger partial charge in [-0.15, -0.1) is 15.3 Å². The Bertz CT molecular complexity index is 256. The average molecular weight is 155 g/mol. The molecule has 2 heterocycles. The van der Waals surface area contributed by atoms with Gasteiger partial charge in [0.2, 0.25) is 0 Å². The van der Waals surface area contributed by atoms with Crippen molar-refractivity contribution in [2.45, 2.75) is 11.6 Å². The molecule has 7 nitrogen and oxygen atoms in total. The van der Waals surface area contributed by atoms with Crippen molar-refractivity contribution in [3.63, 3.8) is 0 Å². The number of hydrogen-bond donors (Lipinski definition) is 2. The predicted octanol–water partition coefficient (Wildman–Crippen LogP) is -0.719. The molecule has 1 spiro atoms. The Morgan fingerprint density at radius 2 is 2.09 bits per heavy atom. The van der Waals surface area contributed by atoms with E-state index in [1.165, 1.54) is 0 Å². The van der Waals surface area contributed by atoms with Crippen LogP contribution in [0.2, 0.25) is 0 Å². The van der Waals surface area contributed by atoms with Gasteiger partial charge in [-0.1, -0.05) is 0 Å². The van der Waals surface area contributed by atoms with Crippen LogP contribution in [-0.2, 0) is 0 Å². The Balaban J connectivity index is 2.45. The summed E-state index contributed by atoms with van der Waals surface area (Å²) >= 11 is 0. The molecule has 0 amide bonds. The highest BCUT2D eigenvalue weighted by Gasteiger charge is 2.56. The fourth-order valence-electron chi connectivity index (χ4n) is 0.886. The molecule has 0 bridgehead atoms. The quantitative estimate of drug-likeness (QED) is 0.451. The van der Waals surface area contributed by atoms with Gasteiger partial charge in [-0.2, -0.15) is 5.11 Å². The van der Waals surface area contributed by atoms with Crippen LogP contribution in [0, 0.1) is 0 Å². The number of hydrogen-bond acceptors (Lipinski definition) is 7. The van der Waals surface area contributed by atoms with Crippen LogP contribution in [0.5, 0.6) is 0 Å². The van der Waals surface area contributed by atoms with Gasteiger partial charge in [0.1, 0.15) is 12.9 Å². The Morgan fingerprint density at radius 3 is 2.55 bits per heavy atom. The molecule has 58 valence electrons. The van der Waals surface area contributed by atoms with E-state index in [0.29, 0.717) is 0 Å². The lowest BCUT2D eigenvalue weighted by Crippen LogP contribution is -2.48. The van der Waals surface area contributed by atoms with E-state index >= 15 is 0 Å². The van der Waals surface area contributed by atoms with Crippen molar-refractivity contribution in [2.75, 3.05) is 6.54 Å². The largest absolute Gasteiger partial charge is 0.359 e. The fraction of sp³-hybridized carbons (Fsp3) is 0.750. The molecule has 0 aromatic carbocycles. The third-order valence-electron chi connectivity index (χ3n) is 1.53. The predicted molar refractivity (Wildman–Crippen MR) is 33.0 cm³/mol. The molecule has 0 fully saturated rings. The minimum absolute atomic E-state index is 0.219. The first-order valence-corrected chi connectivity index (χ1v) is 2.95. The van der Waals surface area contributed by atoms with Crippen LogP contribution in [0.3, 0.4) is 0 Å². The molecule has 2 aliphatic heterocycles. The highest BCUT2D eigenvalue weighted by atomic mass is 16.5. The zero-order valence-corrected chi connectivity index (χ0v) is 5.41. The third-order valence-corrected chi connectivity index (χ3v) is 1.53. The van der Waals surface area contributed by atoms with Crippen molar-refractivity contribution in [3.05, 3.63) is 0 Å². The molecule has 0 aliphatic carbocycles. The Hall–Kier alpha value is -1.21. The first-order chi connectivity index (χ1) is 5.16. The normalized spacial score (nSPS) is 37.6. The molecule has 1 unspecified atom stereocenters. The van der Waals surface area contributed by atoms with E-state index in [2.05, 4.69) is 25.4 Å². The first-order valence-electron chi connectivity index (χ1n) is 2.95. The molecule has 2 N–H and O–H groups in total. The van der Waals surface area contributed by atoms with Crippen LogP contribution in [0.15, 0.2) is 25.4 Å². The number of nitrogens with zero attached hydrogens (tertiary/aromatic N) is 5. The van der Waals surface area contributed by atoms with Gasteiger partial charge in [-0.25, -0.2) is 4.99 Å². The third kappa shape index (κ3) is 0.659. The number of rotatable bonds is 0. The summed E-state index contributed by atoms with van der Waals surface area (Å²) in [7, 11) is 0. The monoisotopic (exact) mass is 155 g/mol. The summed E-state index contributed by atoms with van der Waals surface area (Å²) in [6, 6.07) is 0. The van der Waals surface area contributed by atoms with E-state index in [9.17, 15) is 10.2 Å². The van der Waals surface area contributed by atoms with E-state index < -0.39 is 11.6 Å². The van der Waals surface area contributed by atoms with Gasteiger partial charge in [0.15, 0.2) is 0 Å². The Kier molecular flexibility index (Phi) is 0.995. The van der Waals surface area contributed by atoms with Gasteiger partial charge in [0.25, 0.3) is 5.79 Å². The second-order valence-corrected chi connectivity index (χ2v) is 2.31. The van der Waals surface area contributed by atoms with Crippen LogP contribution < -0.4 is 0 Å². The summed E-state index contributed by atoms with van der Waals surface area (Å²) in [4.78, 5) is 3.60. The van der Waals surface area contributed by atoms with Crippen molar-refractivity contribution in [3.8, 4) is 0 Å². The summed E-state index contributed by atoms with van der Waals surface area (Å²) in [6.45, 7) is -0.219. The standard InChI is InChI=1S/C4H5N5O2/c10-3(11)1-6-8-4(3)5-2-7-9-4/h2,10-11H,1H2. The van der Waals surface area contributed by atoms with Crippen LogP contribution in [-0.4, -0.2) is 34.7 Å². The van der Waals surface area contributed by atoms with E-state index in [0.717, 1.165) is 6.34 Å². The number of azo groups is 2. The van der Waals surface area contributed by atoms with E-state index in [-0.39, 0.29) is 6.54 Å². The molecule has 0 aromatic rings. The second kappa shape index (κ2) is 1.69. The number of aliphatic imine (C=N–C) groups is 1. The lowest BCUT2D eigenvalue weighted by molar-refractivity contribution is -0.184. The smallest absolute Gasteiger partial charge is 0.338 e. The van der Waals surface area contributed by atoms with Gasteiger partial charge < -0.3 is 10.2 Å². The highest BCUT2D eigenvalue weighted by Crippen LogP contribution is 2.35. The maximum atomic E-state index is 9.25. The fourth-order valence-corrected chi connectivity index (χ4v) is 0.886. The molecule has 1 atom stereocenters. The summed E-state index contributed by atoms with van der Waals surface area (Å²) in [5.74, 6) is -3.74. The molecule has 0 radical (unpaired) electrons. The topological polar surface area (TPSA) is 102 Å². The van der Waals surface area contributed by atoms with Crippen LogP contribution in [0.1, 0.15) is 0 Å². The van der Waals surface area contributed by atoms with Crippen molar-refractivity contribution in [1.82, 2.24) is 0 Å². The van der Waals surface area contributed by atoms with Gasteiger partial charge in [0.05, 0.1) is 0 Å². The Morgan fingerprint density at radius 1 is 1.27 bits per heavy atom. The summed E-state index contributed by atoms with van der Waals surface area (Å²) in [6.07, 6.45) is 1.12. The SMILES string of the molecule is OC1(O)CN=NC12N=CN=N2. The van der Waals surface area contributed by atoms with E-state index in [1.807, 2.05) is 0 Å². The van der Waals surface area contributed by atoms with Crippen molar-refractivity contribution < 1.29 is 10.2 Å². The molecular formula is C4H5N5O2. The minimum atomic E-state index is -2.12. The van der Waals surface area contributed by atoms with Gasteiger partial charge in [-0.3, -0.25) is 0 Å². The molecule has 2 rings (SSSR count). The molecular weight excluding hydrogens is 150 g/mol. The lowest BCUT2D eigenvalue weighted by atomic mass is 10.2. The van der Waals surface area contributed by atoms with Crippen molar-refractivity contribution in [2.24, 2.45) is 25.4 Å². The summed E-state index contributed by atoms with van der Waals surface area (Å²) in [5.41, 5.74) is 0. The first kappa shape index (κ1) is 6.50. The molecule has 2 aliphatic rings. The summed E-state index contributed by atoms with van der Waals surface area (Å²) < 4.78 is 0. The maximum Gasteiger partial charge on any atom is 0.338 e. The second-order valence-electron chi connectivity index (χ2n) is 2.31. The highest BCUT2D eigenvalue weighted by molar-refractivity contribution is 5.57. The van der Waals surface area contributed by atoms with Crippen LogP contribution in [0.4, 0.5) is 0 Å². The maximum absolute atomic E-state index is 9.25. The minimum Gasteiger partial charge on any atom is -0.359 e. The zero-order valence-electron chi connectivity index (χ0n) is 5.41. The Labute approximate surface area is 61.2 Å². The molecule has 7 heteroatoms. The average Bonchev–Trinajstić information content (AvgIpc) is 2.45. The lowest BCUT2D eigenvalue weighted by Gasteiger charge is -2.22. The van der Waals surface area contributed by atoms with Gasteiger partial charge in [0, 0.05) is 0 Å². The van der Waals surface area contributed by atoms with Crippen LogP contribution in [0.25, 0.3) is 0 Å². The van der Waals surface area contributed by atoms with Crippen LogP contribution >= 0.6 is 0 Å². The zero-order chi connectivity index (χ0) is 7.95. The van der Waals surface area contributed by atoms with Crippen molar-refractivity contribution in [1.29, 1.82) is 0 Å². The molecule has 0 aromatic heterocycles. The number of aliphatic hydroxyl groups is 2. The molecule has 0 saturated heterocycles. The van der Waals surface area contributed by atoms with Crippen molar-refractivity contribution >= 4 is 6.34 Å². The molecule has 0 saturated carbocycles. The molecule has 11 heavy (non-hydrogen) atoms. The summed E-state index contributed by atoms with van der Waals surface area (Å²) in [5, 5.41) is 32.2. The van der Waals surface area contributed by atoms with Gasteiger partial charge in [-0.05, 0) is 0 Å². The van der Waals surface area contributed by atoms with E-state index in [4.69, 9.17) is 0 Å².